The van der Waals surface area contributed by atoms with Gasteiger partial charge >= 0.3 is 0 Å². The van der Waals surface area contributed by atoms with E-state index in [0.29, 0.717) is 12.6 Å². The van der Waals surface area contributed by atoms with Gasteiger partial charge < -0.3 is 5.73 Å². The van der Waals surface area contributed by atoms with Gasteiger partial charge in [-0.25, -0.2) is 0 Å². The average Bonchev–Trinajstić information content (AvgIpc) is 2.34. The molecular formula is C14H22BrClN2. The van der Waals surface area contributed by atoms with E-state index in [4.69, 9.17) is 17.3 Å². The van der Waals surface area contributed by atoms with Crippen LogP contribution in [0.1, 0.15) is 38.3 Å². The lowest BCUT2D eigenvalue weighted by Crippen LogP contribution is -2.38. The van der Waals surface area contributed by atoms with Crippen molar-refractivity contribution in [2.24, 2.45) is 5.73 Å². The molecule has 0 amide bonds. The fraction of sp³-hybridized carbons (Fsp3) is 0.571. The molecule has 0 saturated carbocycles. The van der Waals surface area contributed by atoms with Crippen LogP contribution in [0.5, 0.6) is 0 Å². The zero-order valence-electron chi connectivity index (χ0n) is 11.3. The summed E-state index contributed by atoms with van der Waals surface area (Å²) in [4.78, 5) is 2.34. The SMILES string of the molecule is CCC(CC)N(C)C(CN)c1ccc(Br)cc1Cl. The Kier molecular flexibility index (Phi) is 6.64. The summed E-state index contributed by atoms with van der Waals surface area (Å²) in [5.74, 6) is 0. The summed E-state index contributed by atoms with van der Waals surface area (Å²) in [6.45, 7) is 5.00. The zero-order valence-corrected chi connectivity index (χ0v) is 13.6. The predicted octanol–water partition coefficient (Wildman–Crippen LogP) is 4.22. The Balaban J connectivity index is 3.01. The number of rotatable bonds is 6. The van der Waals surface area contributed by atoms with Crippen LogP contribution in [-0.2, 0) is 0 Å². The Morgan fingerprint density at radius 3 is 2.39 bits per heavy atom. The van der Waals surface area contributed by atoms with Gasteiger partial charge in [-0.1, -0.05) is 47.4 Å². The van der Waals surface area contributed by atoms with E-state index in [9.17, 15) is 0 Å². The second kappa shape index (κ2) is 7.49. The molecule has 0 aromatic heterocycles. The van der Waals surface area contributed by atoms with E-state index in [-0.39, 0.29) is 6.04 Å². The van der Waals surface area contributed by atoms with Crippen molar-refractivity contribution in [3.8, 4) is 0 Å². The van der Waals surface area contributed by atoms with E-state index in [1.165, 1.54) is 0 Å². The van der Waals surface area contributed by atoms with Crippen molar-refractivity contribution >= 4 is 27.5 Å². The number of likely N-dealkylation sites (N-methyl/N-ethyl adjacent to an activating group) is 1. The lowest BCUT2D eigenvalue weighted by molar-refractivity contribution is 0.168. The molecular weight excluding hydrogens is 312 g/mol. The van der Waals surface area contributed by atoms with E-state index in [1.54, 1.807) is 0 Å². The van der Waals surface area contributed by atoms with Crippen molar-refractivity contribution in [1.82, 2.24) is 4.90 Å². The molecule has 1 aromatic rings. The number of halogens is 2. The van der Waals surface area contributed by atoms with Crippen LogP contribution >= 0.6 is 27.5 Å². The first-order chi connectivity index (χ1) is 8.54. The smallest absolute Gasteiger partial charge is 0.0485 e. The van der Waals surface area contributed by atoms with Crippen LogP contribution in [0.4, 0.5) is 0 Å². The second-order valence-electron chi connectivity index (χ2n) is 4.55. The molecule has 0 spiro atoms. The minimum absolute atomic E-state index is 0.176. The molecule has 1 aromatic carbocycles. The third-order valence-corrected chi connectivity index (χ3v) is 4.38. The highest BCUT2D eigenvalue weighted by molar-refractivity contribution is 9.10. The molecule has 0 saturated heterocycles. The Morgan fingerprint density at radius 1 is 1.33 bits per heavy atom. The average molecular weight is 334 g/mol. The molecule has 1 rings (SSSR count). The van der Waals surface area contributed by atoms with Crippen LogP contribution in [0.15, 0.2) is 22.7 Å². The van der Waals surface area contributed by atoms with Gasteiger partial charge in [0.05, 0.1) is 0 Å². The summed E-state index contributed by atoms with van der Waals surface area (Å²) in [5.41, 5.74) is 7.06. The van der Waals surface area contributed by atoms with Crippen LogP contribution in [0.25, 0.3) is 0 Å². The number of hydrogen-bond acceptors (Lipinski definition) is 2. The monoisotopic (exact) mass is 332 g/mol. The molecule has 2 N–H and O–H groups in total. The van der Waals surface area contributed by atoms with E-state index >= 15 is 0 Å². The van der Waals surface area contributed by atoms with Crippen LogP contribution < -0.4 is 5.73 Å². The van der Waals surface area contributed by atoms with Crippen molar-refractivity contribution in [2.75, 3.05) is 13.6 Å². The summed E-state index contributed by atoms with van der Waals surface area (Å²) < 4.78 is 0.997. The maximum Gasteiger partial charge on any atom is 0.0485 e. The van der Waals surface area contributed by atoms with Gasteiger partial charge in [0.25, 0.3) is 0 Å². The molecule has 4 heteroatoms. The molecule has 0 heterocycles. The van der Waals surface area contributed by atoms with Gasteiger partial charge in [-0.2, -0.15) is 0 Å². The molecule has 18 heavy (non-hydrogen) atoms. The Hall–Kier alpha value is -0.0900. The van der Waals surface area contributed by atoms with Gasteiger partial charge in [-0.15, -0.1) is 0 Å². The first kappa shape index (κ1) is 16.0. The minimum Gasteiger partial charge on any atom is -0.329 e. The number of hydrogen-bond donors (Lipinski definition) is 1. The molecule has 0 bridgehead atoms. The molecule has 0 radical (unpaired) electrons. The Bertz CT molecular complexity index is 380. The van der Waals surface area contributed by atoms with Crippen LogP contribution in [0, 0.1) is 0 Å². The molecule has 0 aliphatic carbocycles. The minimum atomic E-state index is 0.176. The molecule has 0 aliphatic heterocycles. The van der Waals surface area contributed by atoms with E-state index in [2.05, 4.69) is 47.8 Å². The van der Waals surface area contributed by atoms with Gasteiger partial charge in [0.15, 0.2) is 0 Å². The van der Waals surface area contributed by atoms with Gasteiger partial charge in [0, 0.05) is 28.1 Å². The van der Waals surface area contributed by atoms with E-state index in [1.807, 2.05) is 12.1 Å². The molecule has 2 nitrogen and oxygen atoms in total. The Morgan fingerprint density at radius 2 is 1.94 bits per heavy atom. The van der Waals surface area contributed by atoms with Crippen molar-refractivity contribution in [3.63, 3.8) is 0 Å². The highest BCUT2D eigenvalue weighted by Gasteiger charge is 2.22. The maximum atomic E-state index is 6.33. The molecule has 1 atom stereocenters. The first-order valence-electron chi connectivity index (χ1n) is 6.42. The maximum absolute atomic E-state index is 6.33. The molecule has 0 aliphatic rings. The highest BCUT2D eigenvalue weighted by atomic mass is 79.9. The quantitative estimate of drug-likeness (QED) is 0.844. The molecule has 1 unspecified atom stereocenters. The second-order valence-corrected chi connectivity index (χ2v) is 5.88. The number of benzene rings is 1. The first-order valence-corrected chi connectivity index (χ1v) is 7.59. The topological polar surface area (TPSA) is 29.3 Å². The number of nitrogens with zero attached hydrogens (tertiary/aromatic N) is 1. The van der Waals surface area contributed by atoms with Gasteiger partial charge in [0.1, 0.15) is 0 Å². The van der Waals surface area contributed by atoms with Gasteiger partial charge in [-0.05, 0) is 37.6 Å². The molecule has 0 fully saturated rings. The predicted molar refractivity (Wildman–Crippen MR) is 83.1 cm³/mol. The standard InChI is InChI=1S/C14H22BrClN2/c1-4-11(5-2)18(3)14(9-17)12-7-6-10(15)8-13(12)16/h6-8,11,14H,4-5,9,17H2,1-3H3. The summed E-state index contributed by atoms with van der Waals surface area (Å²) in [5, 5.41) is 0.776. The lowest BCUT2D eigenvalue weighted by Gasteiger charge is -2.34. The summed E-state index contributed by atoms with van der Waals surface area (Å²) in [6.07, 6.45) is 2.25. The third-order valence-electron chi connectivity index (χ3n) is 3.55. The largest absolute Gasteiger partial charge is 0.329 e. The van der Waals surface area contributed by atoms with Crippen LogP contribution in [0.3, 0.4) is 0 Å². The van der Waals surface area contributed by atoms with Gasteiger partial charge in [0.2, 0.25) is 0 Å². The third kappa shape index (κ3) is 3.70. The van der Waals surface area contributed by atoms with Crippen molar-refractivity contribution < 1.29 is 0 Å². The van der Waals surface area contributed by atoms with Crippen molar-refractivity contribution in [3.05, 3.63) is 33.3 Å². The van der Waals surface area contributed by atoms with Crippen LogP contribution in [-0.4, -0.2) is 24.5 Å². The van der Waals surface area contributed by atoms with Crippen molar-refractivity contribution in [1.29, 1.82) is 0 Å². The summed E-state index contributed by atoms with van der Waals surface area (Å²) in [7, 11) is 2.13. The van der Waals surface area contributed by atoms with E-state index in [0.717, 1.165) is 27.9 Å². The normalized spacial score (nSPS) is 13.3. The van der Waals surface area contributed by atoms with Gasteiger partial charge in [-0.3, -0.25) is 4.90 Å². The summed E-state index contributed by atoms with van der Waals surface area (Å²) in [6, 6.07) is 6.72. The number of nitrogens with two attached hydrogens (primary N) is 1. The fourth-order valence-corrected chi connectivity index (χ4v) is 3.20. The van der Waals surface area contributed by atoms with Crippen molar-refractivity contribution in [2.45, 2.75) is 38.8 Å². The van der Waals surface area contributed by atoms with Crippen LogP contribution in [0.2, 0.25) is 5.02 Å². The zero-order chi connectivity index (χ0) is 13.7. The Labute approximate surface area is 124 Å². The highest BCUT2D eigenvalue weighted by Crippen LogP contribution is 2.30. The molecule has 102 valence electrons. The summed E-state index contributed by atoms with van der Waals surface area (Å²) >= 11 is 9.76. The van der Waals surface area contributed by atoms with E-state index < -0.39 is 0 Å². The lowest BCUT2D eigenvalue weighted by atomic mass is 10.0. The fourth-order valence-electron chi connectivity index (χ4n) is 2.40.